The van der Waals surface area contributed by atoms with Crippen molar-refractivity contribution in [3.05, 3.63) is 24.1 Å². The fourth-order valence-electron chi connectivity index (χ4n) is 6.22. The number of carbonyl (C=O) groups excluding carboxylic acids is 5. The van der Waals surface area contributed by atoms with Crippen molar-refractivity contribution in [3.63, 3.8) is 0 Å². The lowest BCUT2D eigenvalue weighted by molar-refractivity contribution is -0.241. The molecule has 1 unspecified atom stereocenters. The van der Waals surface area contributed by atoms with Crippen LogP contribution in [0.15, 0.2) is 24.1 Å². The Balaban J connectivity index is 1.49. The maximum Gasteiger partial charge on any atom is 0.306 e. The van der Waals surface area contributed by atoms with Gasteiger partial charge < -0.3 is 66.2 Å². The molecule has 4 aliphatic rings. The second-order valence-corrected chi connectivity index (χ2v) is 12.8. The van der Waals surface area contributed by atoms with Crippen molar-refractivity contribution in [1.82, 2.24) is 20.9 Å². The van der Waals surface area contributed by atoms with E-state index in [4.69, 9.17) is 35.2 Å². The molecule has 18 heteroatoms. The largest absolute Gasteiger partial charge is 0.456 e. The minimum absolute atomic E-state index is 0.0295. The van der Waals surface area contributed by atoms with Gasteiger partial charge in [0.1, 0.15) is 30.5 Å². The molecule has 4 rings (SSSR count). The molecule has 9 N–H and O–H groups in total. The Morgan fingerprint density at radius 2 is 1.86 bits per heavy atom. The number of nitrogens with two attached hydrogens (primary N) is 2. The number of primary amides is 1. The average Bonchev–Trinajstić information content (AvgIpc) is 3.34. The molecule has 10 atom stereocenters. The second kappa shape index (κ2) is 18.4. The van der Waals surface area contributed by atoms with Crippen LogP contribution in [-0.2, 0) is 47.7 Å². The van der Waals surface area contributed by atoms with E-state index in [1.165, 1.54) is 24.3 Å². The summed E-state index contributed by atoms with van der Waals surface area (Å²) in [6.45, 7) is 2.43. The Morgan fingerprint density at radius 3 is 2.54 bits per heavy atom. The van der Waals surface area contributed by atoms with Crippen LogP contribution in [0.25, 0.3) is 0 Å². The maximum absolute atomic E-state index is 13.1. The molecular formula is C32H50N6O12. The number of nitrogens with one attached hydrogen (secondary N) is 3. The van der Waals surface area contributed by atoms with Crippen LogP contribution in [0.5, 0.6) is 0 Å². The third-order valence-electron chi connectivity index (χ3n) is 8.95. The summed E-state index contributed by atoms with van der Waals surface area (Å²) in [4.78, 5) is 65.0. The van der Waals surface area contributed by atoms with Gasteiger partial charge in [-0.25, -0.2) is 0 Å². The van der Waals surface area contributed by atoms with E-state index in [9.17, 15) is 34.2 Å². The zero-order valence-electron chi connectivity index (χ0n) is 28.4. The highest BCUT2D eigenvalue weighted by Crippen LogP contribution is 2.34. The Morgan fingerprint density at radius 1 is 1.12 bits per heavy atom. The summed E-state index contributed by atoms with van der Waals surface area (Å²) in [6, 6.07) is -0.929. The lowest BCUT2D eigenvalue weighted by atomic mass is 10.0. The van der Waals surface area contributed by atoms with E-state index >= 15 is 0 Å². The van der Waals surface area contributed by atoms with Crippen LogP contribution in [0.4, 0.5) is 0 Å². The first kappa shape index (κ1) is 39.0. The number of hydrogen-bond donors (Lipinski definition) is 7. The number of carbonyl (C=O) groups is 5. The lowest BCUT2D eigenvalue weighted by Crippen LogP contribution is -2.54. The zero-order valence-corrected chi connectivity index (χ0v) is 28.4. The Hall–Kier alpha value is -3.81. The van der Waals surface area contributed by atoms with Crippen molar-refractivity contribution in [2.45, 2.75) is 126 Å². The van der Waals surface area contributed by atoms with Crippen molar-refractivity contribution >= 4 is 29.6 Å². The molecular weight excluding hydrogens is 660 g/mol. The van der Waals surface area contributed by atoms with Crippen molar-refractivity contribution in [1.29, 1.82) is 0 Å². The number of esters is 1. The third-order valence-corrected chi connectivity index (χ3v) is 8.95. The molecule has 2 saturated heterocycles. The molecule has 50 heavy (non-hydrogen) atoms. The van der Waals surface area contributed by atoms with Crippen LogP contribution < -0.4 is 27.4 Å². The molecule has 0 aromatic rings. The fraction of sp³-hybridized carbons (Fsp3) is 0.719. The van der Waals surface area contributed by atoms with Gasteiger partial charge in [0.25, 0.3) is 5.91 Å². The van der Waals surface area contributed by atoms with E-state index in [-0.39, 0.29) is 30.9 Å². The van der Waals surface area contributed by atoms with Crippen LogP contribution in [0.2, 0.25) is 0 Å². The third kappa shape index (κ3) is 10.1. The van der Waals surface area contributed by atoms with Gasteiger partial charge in [0.05, 0.1) is 6.67 Å². The van der Waals surface area contributed by atoms with Crippen molar-refractivity contribution < 1.29 is 57.9 Å². The first-order valence-corrected chi connectivity index (χ1v) is 17.0. The van der Waals surface area contributed by atoms with Gasteiger partial charge >= 0.3 is 5.97 Å². The minimum Gasteiger partial charge on any atom is -0.456 e. The van der Waals surface area contributed by atoms with Crippen LogP contribution in [0.3, 0.4) is 0 Å². The van der Waals surface area contributed by atoms with E-state index in [1.54, 1.807) is 0 Å². The smallest absolute Gasteiger partial charge is 0.306 e. The molecule has 2 fully saturated rings. The molecule has 18 nitrogen and oxygen atoms in total. The molecule has 0 spiro atoms. The predicted octanol–water partition coefficient (Wildman–Crippen LogP) is -2.15. The van der Waals surface area contributed by atoms with E-state index in [1.807, 2.05) is 6.92 Å². The zero-order chi connectivity index (χ0) is 36.4. The normalized spacial score (nSPS) is 31.8. The quantitative estimate of drug-likeness (QED) is 0.0665. The molecule has 0 aromatic heterocycles. The first-order chi connectivity index (χ1) is 23.9. The van der Waals surface area contributed by atoms with Crippen molar-refractivity contribution in [2.24, 2.45) is 11.5 Å². The van der Waals surface area contributed by atoms with Crippen LogP contribution >= 0.6 is 0 Å². The highest BCUT2D eigenvalue weighted by atomic mass is 16.7. The number of aliphatic hydroxyl groups excluding tert-OH is 2. The van der Waals surface area contributed by atoms with Gasteiger partial charge in [-0.2, -0.15) is 0 Å². The van der Waals surface area contributed by atoms with Crippen LogP contribution in [0, 0.1) is 0 Å². The van der Waals surface area contributed by atoms with Gasteiger partial charge in [0.15, 0.2) is 24.2 Å². The number of unbranched alkanes of at least 4 members (excludes halogenated alkanes) is 4. The summed E-state index contributed by atoms with van der Waals surface area (Å²) < 4.78 is 29.2. The molecule has 0 bridgehead atoms. The van der Waals surface area contributed by atoms with Crippen molar-refractivity contribution in [2.75, 3.05) is 20.3 Å². The molecule has 0 aliphatic carbocycles. The molecule has 0 radical (unpaired) electrons. The SMILES string of the molecule is CO[C@H]1[C@@H](OC(=O)CCCCCCCN)[C@H](N2C=CC(=O)NC2)O[C@@H]1[C@@H](OC1OC(C(=O)N[C@H]2CCC[C@@H](C)NC2=O)=C[C@H](O)[C@@H]1O)C(N)=O. The summed E-state index contributed by atoms with van der Waals surface area (Å²) in [7, 11) is 1.30. The van der Waals surface area contributed by atoms with E-state index in [0.717, 1.165) is 38.2 Å². The summed E-state index contributed by atoms with van der Waals surface area (Å²) >= 11 is 0. The second-order valence-electron chi connectivity index (χ2n) is 12.8. The molecule has 4 heterocycles. The number of hydrogen-bond acceptors (Lipinski definition) is 14. The van der Waals surface area contributed by atoms with Gasteiger partial charge in [-0.15, -0.1) is 0 Å². The minimum atomic E-state index is -1.81. The van der Waals surface area contributed by atoms with Gasteiger partial charge in [-0.1, -0.05) is 19.3 Å². The molecule has 4 aliphatic heterocycles. The van der Waals surface area contributed by atoms with Crippen molar-refractivity contribution in [3.8, 4) is 0 Å². The molecule has 0 aromatic carbocycles. The van der Waals surface area contributed by atoms with E-state index in [2.05, 4.69) is 16.0 Å². The van der Waals surface area contributed by atoms with E-state index in [0.29, 0.717) is 25.8 Å². The number of amides is 4. The Labute approximate surface area is 290 Å². The summed E-state index contributed by atoms with van der Waals surface area (Å²) in [5, 5.41) is 29.4. The summed E-state index contributed by atoms with van der Waals surface area (Å²) in [6.07, 6.45) is -2.09. The predicted molar refractivity (Wildman–Crippen MR) is 173 cm³/mol. The van der Waals surface area contributed by atoms with Crippen LogP contribution in [-0.4, -0.2) is 126 Å². The number of ether oxygens (including phenoxy) is 5. The molecule has 280 valence electrons. The summed E-state index contributed by atoms with van der Waals surface area (Å²) in [5.74, 6) is -3.67. The highest BCUT2D eigenvalue weighted by molar-refractivity contribution is 5.95. The number of rotatable bonds is 16. The van der Waals surface area contributed by atoms with E-state index < -0.39 is 78.7 Å². The maximum atomic E-state index is 13.1. The molecule has 0 saturated carbocycles. The number of methoxy groups -OCH3 is 1. The van der Waals surface area contributed by atoms with Gasteiger partial charge in [-0.05, 0) is 51.6 Å². The lowest BCUT2D eigenvalue weighted by Gasteiger charge is -2.35. The fourth-order valence-corrected chi connectivity index (χ4v) is 6.22. The number of nitrogens with zero attached hydrogens (tertiary/aromatic N) is 1. The standard InChI is InChI=1S/C32H50N6O12/c1-17-9-8-10-18(29(44)36-17)37-30(45)20-15-19(39)23(42)32(47-20)50-26(28(34)43)25-24(46-2)27(31(49-25)38-14-12-21(40)35-16-38)48-22(41)11-6-4-3-5-7-13-33/h12,14-15,17-19,23-27,31-32,39,42H,3-11,13,16,33H2,1-2H3,(H2,34,43)(H,35,40)(H,36,44)(H,37,45)/t17-,18+,19+,23+,24-,25+,26-,27-,31-,32?/m1/s1. The Bertz CT molecular complexity index is 1280. The highest BCUT2D eigenvalue weighted by Gasteiger charge is 2.55. The monoisotopic (exact) mass is 710 g/mol. The van der Waals surface area contributed by atoms with Gasteiger partial charge in [-0.3, -0.25) is 24.0 Å². The number of aliphatic hydroxyl groups is 2. The van der Waals surface area contributed by atoms with Gasteiger partial charge in [0.2, 0.25) is 24.0 Å². The van der Waals surface area contributed by atoms with Gasteiger partial charge in [0, 0.05) is 31.8 Å². The first-order valence-electron chi connectivity index (χ1n) is 17.0. The average molecular weight is 711 g/mol. The topological polar surface area (TPSA) is 263 Å². The van der Waals surface area contributed by atoms with Crippen LogP contribution in [0.1, 0.15) is 64.7 Å². The Kier molecular flexibility index (Phi) is 14.4. The summed E-state index contributed by atoms with van der Waals surface area (Å²) in [5.41, 5.74) is 11.3. The molecule has 4 amide bonds.